The van der Waals surface area contributed by atoms with Crippen molar-refractivity contribution in [2.24, 2.45) is 0 Å². The Labute approximate surface area is 106 Å². The molecule has 0 atom stereocenters. The first-order valence-electron chi connectivity index (χ1n) is 5.77. The van der Waals surface area contributed by atoms with Crippen molar-refractivity contribution < 1.29 is 8.42 Å². The molecule has 0 saturated heterocycles. The Balaban J connectivity index is 2.08. The summed E-state index contributed by atoms with van der Waals surface area (Å²) in [6.45, 7) is 5.58. The van der Waals surface area contributed by atoms with Crippen LogP contribution in [-0.2, 0) is 16.6 Å². The SMILES string of the molecule is CCNCc1cc(S(=O)(=O)NC2(C)CC2)cs1. The summed E-state index contributed by atoms with van der Waals surface area (Å²) in [6.07, 6.45) is 1.86. The minimum absolute atomic E-state index is 0.206. The highest BCUT2D eigenvalue weighted by Crippen LogP contribution is 2.36. The lowest BCUT2D eigenvalue weighted by Crippen LogP contribution is -2.33. The van der Waals surface area contributed by atoms with Crippen molar-refractivity contribution >= 4 is 21.4 Å². The van der Waals surface area contributed by atoms with Crippen LogP contribution < -0.4 is 10.0 Å². The van der Waals surface area contributed by atoms with Gasteiger partial charge in [0, 0.05) is 22.3 Å². The van der Waals surface area contributed by atoms with Crippen LogP contribution in [0.3, 0.4) is 0 Å². The van der Waals surface area contributed by atoms with Gasteiger partial charge in [0.1, 0.15) is 0 Å². The van der Waals surface area contributed by atoms with Crippen molar-refractivity contribution in [1.29, 1.82) is 0 Å². The first-order valence-corrected chi connectivity index (χ1v) is 8.14. The van der Waals surface area contributed by atoms with Crippen molar-refractivity contribution in [1.82, 2.24) is 10.0 Å². The van der Waals surface area contributed by atoms with E-state index in [0.29, 0.717) is 4.90 Å². The van der Waals surface area contributed by atoms with Crippen LogP contribution in [-0.4, -0.2) is 20.5 Å². The summed E-state index contributed by atoms with van der Waals surface area (Å²) in [5.74, 6) is 0. The number of sulfonamides is 1. The zero-order valence-corrected chi connectivity index (χ0v) is 11.7. The quantitative estimate of drug-likeness (QED) is 0.830. The van der Waals surface area contributed by atoms with E-state index in [2.05, 4.69) is 10.0 Å². The molecule has 1 aliphatic rings. The fraction of sp³-hybridized carbons (Fsp3) is 0.636. The minimum Gasteiger partial charge on any atom is -0.312 e. The molecule has 17 heavy (non-hydrogen) atoms. The summed E-state index contributed by atoms with van der Waals surface area (Å²) >= 11 is 1.48. The van der Waals surface area contributed by atoms with E-state index < -0.39 is 10.0 Å². The molecule has 2 rings (SSSR count). The highest BCUT2D eigenvalue weighted by Gasteiger charge is 2.41. The van der Waals surface area contributed by atoms with E-state index in [9.17, 15) is 8.42 Å². The van der Waals surface area contributed by atoms with Gasteiger partial charge in [-0.2, -0.15) is 0 Å². The lowest BCUT2D eigenvalue weighted by Gasteiger charge is -2.10. The second-order valence-corrected chi connectivity index (χ2v) is 7.37. The Morgan fingerprint density at radius 1 is 1.47 bits per heavy atom. The van der Waals surface area contributed by atoms with Gasteiger partial charge in [0.2, 0.25) is 10.0 Å². The third-order valence-electron chi connectivity index (χ3n) is 2.87. The largest absolute Gasteiger partial charge is 0.312 e. The lowest BCUT2D eigenvalue weighted by molar-refractivity contribution is 0.558. The van der Waals surface area contributed by atoms with Crippen molar-refractivity contribution in [3.8, 4) is 0 Å². The zero-order chi connectivity index (χ0) is 12.5. The van der Waals surface area contributed by atoms with E-state index >= 15 is 0 Å². The summed E-state index contributed by atoms with van der Waals surface area (Å²) in [4.78, 5) is 1.44. The second kappa shape index (κ2) is 4.68. The van der Waals surface area contributed by atoms with Crippen LogP contribution in [0.1, 0.15) is 31.6 Å². The van der Waals surface area contributed by atoms with Crippen molar-refractivity contribution in [3.05, 3.63) is 16.3 Å². The Morgan fingerprint density at radius 3 is 2.76 bits per heavy atom. The van der Waals surface area contributed by atoms with E-state index in [0.717, 1.165) is 30.8 Å². The molecule has 1 saturated carbocycles. The van der Waals surface area contributed by atoms with Crippen molar-refractivity contribution in [3.63, 3.8) is 0 Å². The molecule has 0 radical (unpaired) electrons. The standard InChI is InChI=1S/C11H18N2O2S2/c1-3-12-7-9-6-10(8-16-9)17(14,15)13-11(2)4-5-11/h6,8,12-13H,3-5,7H2,1-2H3. The first-order chi connectivity index (χ1) is 7.95. The number of thiophene rings is 1. The van der Waals surface area contributed by atoms with Gasteiger partial charge in [-0.25, -0.2) is 13.1 Å². The smallest absolute Gasteiger partial charge is 0.241 e. The molecule has 0 amide bonds. The highest BCUT2D eigenvalue weighted by molar-refractivity contribution is 7.89. The number of hydrogen-bond donors (Lipinski definition) is 2. The molecule has 6 heteroatoms. The van der Waals surface area contributed by atoms with E-state index in [-0.39, 0.29) is 5.54 Å². The van der Waals surface area contributed by atoms with E-state index in [1.165, 1.54) is 11.3 Å². The van der Waals surface area contributed by atoms with Crippen LogP contribution in [0.2, 0.25) is 0 Å². The molecule has 4 nitrogen and oxygen atoms in total. The predicted octanol–water partition coefficient (Wildman–Crippen LogP) is 1.69. The molecular formula is C11H18N2O2S2. The fourth-order valence-corrected chi connectivity index (χ4v) is 4.22. The average Bonchev–Trinajstić information content (AvgIpc) is 2.81. The van der Waals surface area contributed by atoms with Gasteiger partial charge >= 0.3 is 0 Å². The molecule has 0 aromatic carbocycles. The average molecular weight is 274 g/mol. The summed E-state index contributed by atoms with van der Waals surface area (Å²) in [7, 11) is -3.33. The van der Waals surface area contributed by atoms with Crippen LogP contribution in [0.5, 0.6) is 0 Å². The summed E-state index contributed by atoms with van der Waals surface area (Å²) in [6, 6.07) is 1.75. The molecule has 1 aromatic rings. The molecule has 0 bridgehead atoms. The van der Waals surface area contributed by atoms with Crippen LogP contribution in [0.25, 0.3) is 0 Å². The van der Waals surface area contributed by atoms with Gasteiger partial charge in [-0.1, -0.05) is 6.92 Å². The molecule has 0 aliphatic heterocycles. The van der Waals surface area contributed by atoms with Gasteiger partial charge in [-0.15, -0.1) is 11.3 Å². The minimum atomic E-state index is -3.33. The molecule has 0 unspecified atom stereocenters. The van der Waals surface area contributed by atoms with E-state index in [1.807, 2.05) is 13.8 Å². The summed E-state index contributed by atoms with van der Waals surface area (Å²) in [5, 5.41) is 4.89. The third-order valence-corrected chi connectivity index (χ3v) is 5.57. The Hall–Kier alpha value is -0.430. The molecule has 0 spiro atoms. The zero-order valence-electron chi connectivity index (χ0n) is 10.1. The monoisotopic (exact) mass is 274 g/mol. The molecule has 96 valence electrons. The molecular weight excluding hydrogens is 256 g/mol. The van der Waals surface area contributed by atoms with Gasteiger partial charge in [-0.05, 0) is 32.4 Å². The van der Waals surface area contributed by atoms with E-state index in [4.69, 9.17) is 0 Å². The first kappa shape index (κ1) is 13.0. The van der Waals surface area contributed by atoms with Gasteiger partial charge in [0.05, 0.1) is 4.90 Å². The van der Waals surface area contributed by atoms with Gasteiger partial charge in [0.15, 0.2) is 0 Å². The molecule has 2 N–H and O–H groups in total. The number of hydrogen-bond acceptors (Lipinski definition) is 4. The Kier molecular flexibility index (Phi) is 3.58. The Morgan fingerprint density at radius 2 is 2.18 bits per heavy atom. The predicted molar refractivity (Wildman–Crippen MR) is 69.7 cm³/mol. The second-order valence-electron chi connectivity index (χ2n) is 4.70. The molecule has 1 heterocycles. The van der Waals surface area contributed by atoms with E-state index in [1.54, 1.807) is 11.4 Å². The fourth-order valence-electron chi connectivity index (χ4n) is 1.52. The molecule has 1 aliphatic carbocycles. The van der Waals surface area contributed by atoms with Gasteiger partial charge in [-0.3, -0.25) is 0 Å². The summed E-state index contributed by atoms with van der Waals surface area (Å²) < 4.78 is 26.9. The van der Waals surface area contributed by atoms with Gasteiger partial charge in [0.25, 0.3) is 0 Å². The maximum Gasteiger partial charge on any atom is 0.241 e. The maximum atomic E-state index is 12.1. The normalized spacial score (nSPS) is 18.2. The van der Waals surface area contributed by atoms with Gasteiger partial charge < -0.3 is 5.32 Å². The van der Waals surface area contributed by atoms with Crippen molar-refractivity contribution in [2.45, 2.75) is 43.7 Å². The molecule has 1 fully saturated rings. The number of nitrogens with one attached hydrogen (secondary N) is 2. The van der Waals surface area contributed by atoms with Crippen molar-refractivity contribution in [2.75, 3.05) is 6.54 Å². The third kappa shape index (κ3) is 3.28. The van der Waals surface area contributed by atoms with Crippen LogP contribution in [0.4, 0.5) is 0 Å². The number of rotatable bonds is 6. The lowest BCUT2D eigenvalue weighted by atomic mass is 10.4. The Bertz CT molecular complexity index is 489. The van der Waals surface area contributed by atoms with Crippen LogP contribution in [0.15, 0.2) is 16.3 Å². The molecule has 1 aromatic heterocycles. The highest BCUT2D eigenvalue weighted by atomic mass is 32.2. The maximum absolute atomic E-state index is 12.1. The summed E-state index contributed by atoms with van der Waals surface area (Å²) in [5.41, 5.74) is -0.206. The van der Waals surface area contributed by atoms with Crippen LogP contribution in [0, 0.1) is 0 Å². The van der Waals surface area contributed by atoms with Crippen LogP contribution >= 0.6 is 11.3 Å². The topological polar surface area (TPSA) is 58.2 Å².